The molecule has 1 aliphatic heterocycles. The van der Waals surface area contributed by atoms with Gasteiger partial charge in [-0.25, -0.2) is 4.98 Å². The average Bonchev–Trinajstić information content (AvgIpc) is 3.04. The highest BCUT2D eigenvalue weighted by Crippen LogP contribution is 2.24. The van der Waals surface area contributed by atoms with Gasteiger partial charge < -0.3 is 9.64 Å². The van der Waals surface area contributed by atoms with E-state index in [-0.39, 0.29) is 0 Å². The van der Waals surface area contributed by atoms with Crippen molar-refractivity contribution in [3.63, 3.8) is 0 Å². The zero-order valence-electron chi connectivity index (χ0n) is 10.5. The van der Waals surface area contributed by atoms with E-state index < -0.39 is 0 Å². The topological polar surface area (TPSA) is 55.5 Å². The summed E-state index contributed by atoms with van der Waals surface area (Å²) in [6.07, 6.45) is 6.51. The third-order valence-electron chi connectivity index (χ3n) is 3.34. The fourth-order valence-electron chi connectivity index (χ4n) is 2.41. The Morgan fingerprint density at radius 2 is 2.44 bits per heavy atom. The van der Waals surface area contributed by atoms with E-state index in [1.807, 2.05) is 17.5 Å². The highest BCUT2D eigenvalue weighted by Gasteiger charge is 2.25. The number of ether oxygens (including phenoxy) is 1. The van der Waals surface area contributed by atoms with E-state index >= 15 is 0 Å². The molecule has 0 saturated carbocycles. The number of anilines is 1. The standard InChI is InChI=1S/C12H17N5O/c1-2-18-8-10-3-5-16(7-10)11-12-15-14-9-17(12)6-4-13-11/h4,6,9-10H,2-3,5,7-8H2,1H3. The second kappa shape index (κ2) is 4.89. The molecule has 96 valence electrons. The molecule has 0 radical (unpaired) electrons. The van der Waals surface area contributed by atoms with Crippen LogP contribution < -0.4 is 4.90 Å². The molecule has 1 saturated heterocycles. The third-order valence-corrected chi connectivity index (χ3v) is 3.34. The number of nitrogens with zero attached hydrogens (tertiary/aromatic N) is 5. The molecule has 2 aromatic heterocycles. The van der Waals surface area contributed by atoms with Gasteiger partial charge in [0.25, 0.3) is 0 Å². The first-order valence-corrected chi connectivity index (χ1v) is 6.35. The number of hydrogen-bond acceptors (Lipinski definition) is 5. The quantitative estimate of drug-likeness (QED) is 0.806. The first kappa shape index (κ1) is 11.4. The van der Waals surface area contributed by atoms with Gasteiger partial charge in [0.1, 0.15) is 6.33 Å². The van der Waals surface area contributed by atoms with Crippen LogP contribution in [0.25, 0.3) is 5.65 Å². The number of fused-ring (bicyclic) bond motifs is 1. The zero-order valence-corrected chi connectivity index (χ0v) is 10.5. The molecule has 0 aliphatic carbocycles. The maximum Gasteiger partial charge on any atom is 0.203 e. The highest BCUT2D eigenvalue weighted by molar-refractivity contribution is 5.63. The molecule has 0 N–H and O–H groups in total. The Kier molecular flexibility index (Phi) is 3.10. The smallest absolute Gasteiger partial charge is 0.203 e. The lowest BCUT2D eigenvalue weighted by Gasteiger charge is -2.17. The normalized spacial score (nSPS) is 19.8. The van der Waals surface area contributed by atoms with E-state index in [9.17, 15) is 0 Å². The Morgan fingerprint density at radius 1 is 1.50 bits per heavy atom. The van der Waals surface area contributed by atoms with Crippen molar-refractivity contribution in [2.45, 2.75) is 13.3 Å². The zero-order chi connectivity index (χ0) is 12.4. The van der Waals surface area contributed by atoms with Crippen molar-refractivity contribution in [3.8, 4) is 0 Å². The lowest BCUT2D eigenvalue weighted by atomic mass is 10.1. The summed E-state index contributed by atoms with van der Waals surface area (Å²) in [5.74, 6) is 1.52. The largest absolute Gasteiger partial charge is 0.381 e. The van der Waals surface area contributed by atoms with Crippen molar-refractivity contribution in [2.24, 2.45) is 5.92 Å². The second-order valence-corrected chi connectivity index (χ2v) is 4.57. The molecule has 1 atom stereocenters. The molecule has 3 rings (SSSR count). The van der Waals surface area contributed by atoms with Crippen LogP contribution in [0, 0.1) is 5.92 Å². The van der Waals surface area contributed by atoms with E-state index in [4.69, 9.17) is 4.74 Å². The molecular formula is C12H17N5O. The lowest BCUT2D eigenvalue weighted by Crippen LogP contribution is -2.23. The minimum absolute atomic E-state index is 0.593. The molecule has 1 unspecified atom stereocenters. The van der Waals surface area contributed by atoms with Crippen LogP contribution in [0.4, 0.5) is 5.82 Å². The van der Waals surface area contributed by atoms with E-state index in [0.717, 1.165) is 44.2 Å². The summed E-state index contributed by atoms with van der Waals surface area (Å²) in [5, 5.41) is 8.05. The average molecular weight is 247 g/mol. The van der Waals surface area contributed by atoms with Gasteiger partial charge in [0.05, 0.1) is 6.61 Å². The van der Waals surface area contributed by atoms with Gasteiger partial charge in [0, 0.05) is 38.0 Å². The van der Waals surface area contributed by atoms with Gasteiger partial charge >= 0.3 is 0 Å². The van der Waals surface area contributed by atoms with Gasteiger partial charge in [-0.1, -0.05) is 0 Å². The lowest BCUT2D eigenvalue weighted by molar-refractivity contribution is 0.117. The molecular weight excluding hydrogens is 230 g/mol. The minimum atomic E-state index is 0.593. The molecule has 1 fully saturated rings. The number of aromatic nitrogens is 4. The van der Waals surface area contributed by atoms with Crippen molar-refractivity contribution < 1.29 is 4.74 Å². The second-order valence-electron chi connectivity index (χ2n) is 4.57. The van der Waals surface area contributed by atoms with Crippen molar-refractivity contribution in [2.75, 3.05) is 31.2 Å². The van der Waals surface area contributed by atoms with Crippen LogP contribution in [0.15, 0.2) is 18.7 Å². The minimum Gasteiger partial charge on any atom is -0.381 e. The summed E-state index contributed by atoms with van der Waals surface area (Å²) in [5.41, 5.74) is 0.828. The molecule has 0 bridgehead atoms. The summed E-state index contributed by atoms with van der Waals surface area (Å²) in [4.78, 5) is 6.71. The molecule has 6 nitrogen and oxygen atoms in total. The molecule has 6 heteroatoms. The molecule has 18 heavy (non-hydrogen) atoms. The summed E-state index contributed by atoms with van der Waals surface area (Å²) >= 11 is 0. The van der Waals surface area contributed by atoms with E-state index in [0.29, 0.717) is 5.92 Å². The molecule has 0 amide bonds. The van der Waals surface area contributed by atoms with Crippen LogP contribution in [0.2, 0.25) is 0 Å². The highest BCUT2D eigenvalue weighted by atomic mass is 16.5. The third kappa shape index (κ3) is 2.03. The maximum atomic E-state index is 5.49. The van der Waals surface area contributed by atoms with Gasteiger partial charge in [0.2, 0.25) is 5.65 Å². The van der Waals surface area contributed by atoms with Crippen molar-refractivity contribution >= 4 is 11.5 Å². The molecule has 3 heterocycles. The Balaban J connectivity index is 1.78. The number of hydrogen-bond donors (Lipinski definition) is 0. The van der Waals surface area contributed by atoms with Gasteiger partial charge in [-0.05, 0) is 13.3 Å². The van der Waals surface area contributed by atoms with Gasteiger partial charge in [-0.15, -0.1) is 10.2 Å². The summed E-state index contributed by atoms with van der Waals surface area (Å²) in [7, 11) is 0. The fraction of sp³-hybridized carbons (Fsp3) is 0.583. The van der Waals surface area contributed by atoms with Crippen molar-refractivity contribution in [1.29, 1.82) is 0 Å². The van der Waals surface area contributed by atoms with Crippen LogP contribution in [0.5, 0.6) is 0 Å². The van der Waals surface area contributed by atoms with Crippen LogP contribution in [-0.4, -0.2) is 45.9 Å². The predicted octanol–water partition coefficient (Wildman–Crippen LogP) is 0.987. The summed E-state index contributed by atoms with van der Waals surface area (Å²) in [6, 6.07) is 0. The molecule has 0 spiro atoms. The molecule has 2 aromatic rings. The van der Waals surface area contributed by atoms with Crippen LogP contribution in [0.1, 0.15) is 13.3 Å². The Hall–Kier alpha value is -1.69. The fourth-order valence-corrected chi connectivity index (χ4v) is 2.41. The Morgan fingerprint density at radius 3 is 3.33 bits per heavy atom. The Bertz CT molecular complexity index is 526. The van der Waals surface area contributed by atoms with Crippen LogP contribution in [-0.2, 0) is 4.74 Å². The van der Waals surface area contributed by atoms with Gasteiger partial charge in [0.15, 0.2) is 5.82 Å². The van der Waals surface area contributed by atoms with E-state index in [2.05, 4.69) is 20.1 Å². The summed E-state index contributed by atoms with van der Waals surface area (Å²) < 4.78 is 7.39. The summed E-state index contributed by atoms with van der Waals surface area (Å²) in [6.45, 7) is 5.65. The van der Waals surface area contributed by atoms with Crippen LogP contribution in [0.3, 0.4) is 0 Å². The van der Waals surface area contributed by atoms with Gasteiger partial charge in [-0.3, -0.25) is 4.40 Å². The monoisotopic (exact) mass is 247 g/mol. The van der Waals surface area contributed by atoms with E-state index in [1.165, 1.54) is 0 Å². The van der Waals surface area contributed by atoms with Gasteiger partial charge in [-0.2, -0.15) is 0 Å². The SMILES string of the molecule is CCOCC1CCN(c2nccn3cnnc23)C1. The van der Waals surface area contributed by atoms with Crippen molar-refractivity contribution in [1.82, 2.24) is 19.6 Å². The predicted molar refractivity (Wildman–Crippen MR) is 67.6 cm³/mol. The first-order valence-electron chi connectivity index (χ1n) is 6.35. The van der Waals surface area contributed by atoms with Crippen molar-refractivity contribution in [3.05, 3.63) is 18.7 Å². The number of rotatable bonds is 4. The molecule has 1 aliphatic rings. The van der Waals surface area contributed by atoms with E-state index in [1.54, 1.807) is 12.5 Å². The molecule has 0 aromatic carbocycles. The van der Waals surface area contributed by atoms with Crippen LogP contribution >= 0.6 is 0 Å². The Labute approximate surface area is 106 Å². The first-order chi connectivity index (χ1) is 8.88. The maximum absolute atomic E-state index is 5.49.